The number of rotatable bonds is 6. The first kappa shape index (κ1) is 17.4. The number of amides is 2. The van der Waals surface area contributed by atoms with Crippen molar-refractivity contribution in [2.45, 2.75) is 13.5 Å². The van der Waals surface area contributed by atoms with Gasteiger partial charge in [0, 0.05) is 0 Å². The number of nitrogens with one attached hydrogen (secondary N) is 1. The summed E-state index contributed by atoms with van der Waals surface area (Å²) in [6.07, 6.45) is 0. The van der Waals surface area contributed by atoms with E-state index in [1.807, 2.05) is 55.5 Å². The van der Waals surface area contributed by atoms with E-state index in [1.165, 1.54) is 11.8 Å². The summed E-state index contributed by atoms with van der Waals surface area (Å²) in [5.41, 5.74) is 2.72. The summed E-state index contributed by atoms with van der Waals surface area (Å²) in [4.78, 5) is 25.4. The van der Waals surface area contributed by atoms with Crippen LogP contribution in [0.1, 0.15) is 11.1 Å². The topological polar surface area (TPSA) is 58.6 Å². The molecule has 6 heteroatoms. The number of ether oxygens (including phenoxy) is 1. The molecule has 1 aliphatic heterocycles. The smallest absolute Gasteiger partial charge is 0.244 e. The first-order chi connectivity index (χ1) is 12.1. The van der Waals surface area contributed by atoms with Gasteiger partial charge in [-0.25, -0.2) is 0 Å². The molecule has 2 amide bonds. The third kappa shape index (κ3) is 4.76. The van der Waals surface area contributed by atoms with Crippen LogP contribution < -0.4 is 10.1 Å². The Hall–Kier alpha value is -2.47. The fraction of sp³-hybridized carbons (Fsp3) is 0.263. The minimum Gasteiger partial charge on any atom is -0.487 e. The van der Waals surface area contributed by atoms with Crippen molar-refractivity contribution in [3.8, 4) is 5.75 Å². The highest BCUT2D eigenvalue weighted by molar-refractivity contribution is 8.00. The number of carbonyl (C=O) groups excluding carboxylic acids is 2. The van der Waals surface area contributed by atoms with Crippen LogP contribution in [0, 0.1) is 6.92 Å². The highest BCUT2D eigenvalue weighted by atomic mass is 32.2. The van der Waals surface area contributed by atoms with Gasteiger partial charge in [-0.2, -0.15) is 0 Å². The zero-order valence-electron chi connectivity index (χ0n) is 14.0. The summed E-state index contributed by atoms with van der Waals surface area (Å²) in [6, 6.07) is 15.5. The molecule has 1 aliphatic rings. The van der Waals surface area contributed by atoms with E-state index in [2.05, 4.69) is 5.32 Å². The minimum absolute atomic E-state index is 0.00427. The molecule has 0 radical (unpaired) electrons. The van der Waals surface area contributed by atoms with Crippen LogP contribution in [0.5, 0.6) is 5.75 Å². The Labute approximate surface area is 151 Å². The molecule has 1 saturated heterocycles. The standard InChI is InChI=1S/C19H20N2O3S/c1-14-7-8-16(20-18(22)10-21-13-25-12-19(21)23)17(9-14)24-11-15-5-3-2-4-6-15/h2-9H,10-13H2,1H3,(H,20,22). The third-order valence-electron chi connectivity index (χ3n) is 3.81. The number of benzene rings is 2. The van der Waals surface area contributed by atoms with E-state index in [9.17, 15) is 9.59 Å². The van der Waals surface area contributed by atoms with Crippen LogP contribution in [0.25, 0.3) is 0 Å². The molecule has 25 heavy (non-hydrogen) atoms. The quantitative estimate of drug-likeness (QED) is 0.864. The second kappa shape index (κ2) is 8.07. The first-order valence-electron chi connectivity index (χ1n) is 8.04. The Balaban J connectivity index is 1.66. The number of anilines is 1. The van der Waals surface area contributed by atoms with Gasteiger partial charge in [0.2, 0.25) is 11.8 Å². The van der Waals surface area contributed by atoms with E-state index in [0.717, 1.165) is 11.1 Å². The highest BCUT2D eigenvalue weighted by Crippen LogP contribution is 2.27. The Morgan fingerprint density at radius 2 is 2.04 bits per heavy atom. The summed E-state index contributed by atoms with van der Waals surface area (Å²) in [6.45, 7) is 2.47. The maximum Gasteiger partial charge on any atom is 0.244 e. The molecule has 0 aromatic heterocycles. The van der Waals surface area contributed by atoms with E-state index in [0.29, 0.717) is 29.7 Å². The predicted octanol–water partition coefficient (Wildman–Crippen LogP) is 3.05. The van der Waals surface area contributed by atoms with E-state index in [4.69, 9.17) is 4.74 Å². The van der Waals surface area contributed by atoms with Gasteiger partial charge in [-0.1, -0.05) is 36.4 Å². The molecule has 0 aliphatic carbocycles. The lowest BCUT2D eigenvalue weighted by molar-refractivity contribution is -0.130. The van der Waals surface area contributed by atoms with E-state index >= 15 is 0 Å². The molecule has 3 rings (SSSR count). The molecule has 0 unspecified atom stereocenters. The zero-order chi connectivity index (χ0) is 17.6. The van der Waals surface area contributed by atoms with Crippen LogP contribution >= 0.6 is 11.8 Å². The summed E-state index contributed by atoms with van der Waals surface area (Å²) in [5.74, 6) is 1.43. The minimum atomic E-state index is -0.218. The van der Waals surface area contributed by atoms with Crippen molar-refractivity contribution in [2.24, 2.45) is 0 Å². The van der Waals surface area contributed by atoms with Gasteiger partial charge in [0.05, 0.1) is 17.3 Å². The number of carbonyl (C=O) groups is 2. The maximum absolute atomic E-state index is 12.3. The van der Waals surface area contributed by atoms with Gasteiger partial charge in [0.15, 0.2) is 0 Å². The number of hydrogen-bond acceptors (Lipinski definition) is 4. The van der Waals surface area contributed by atoms with Gasteiger partial charge < -0.3 is 15.0 Å². The SMILES string of the molecule is Cc1ccc(NC(=O)CN2CSCC2=O)c(OCc2ccccc2)c1. The first-order valence-corrected chi connectivity index (χ1v) is 9.20. The van der Waals surface area contributed by atoms with Gasteiger partial charge in [0.25, 0.3) is 0 Å². The van der Waals surface area contributed by atoms with Gasteiger partial charge in [-0.05, 0) is 30.2 Å². The largest absolute Gasteiger partial charge is 0.487 e. The van der Waals surface area contributed by atoms with E-state index in [-0.39, 0.29) is 18.4 Å². The molecule has 1 fully saturated rings. The average Bonchev–Trinajstić information content (AvgIpc) is 3.01. The lowest BCUT2D eigenvalue weighted by Gasteiger charge is -2.16. The lowest BCUT2D eigenvalue weighted by atomic mass is 10.2. The number of aryl methyl sites for hydroxylation is 1. The molecule has 2 aromatic carbocycles. The van der Waals surface area contributed by atoms with Crippen molar-refractivity contribution in [2.75, 3.05) is 23.5 Å². The molecule has 0 spiro atoms. The van der Waals surface area contributed by atoms with E-state index in [1.54, 1.807) is 4.90 Å². The molecular weight excluding hydrogens is 336 g/mol. The number of thioether (sulfide) groups is 1. The fourth-order valence-electron chi connectivity index (χ4n) is 2.49. The summed E-state index contributed by atoms with van der Waals surface area (Å²) >= 11 is 1.52. The Kier molecular flexibility index (Phi) is 5.60. The maximum atomic E-state index is 12.3. The monoisotopic (exact) mass is 356 g/mol. The molecule has 5 nitrogen and oxygen atoms in total. The van der Waals surface area contributed by atoms with Gasteiger partial charge in [-0.3, -0.25) is 9.59 Å². The molecule has 1 heterocycles. The Bertz CT molecular complexity index is 765. The average molecular weight is 356 g/mol. The predicted molar refractivity (Wildman–Crippen MR) is 99.6 cm³/mol. The molecule has 130 valence electrons. The molecule has 0 saturated carbocycles. The second-order valence-electron chi connectivity index (χ2n) is 5.89. The summed E-state index contributed by atoms with van der Waals surface area (Å²) < 4.78 is 5.90. The third-order valence-corrected chi connectivity index (χ3v) is 4.75. The molecular formula is C19H20N2O3S. The number of hydrogen-bond donors (Lipinski definition) is 1. The highest BCUT2D eigenvalue weighted by Gasteiger charge is 2.23. The molecule has 1 N–H and O–H groups in total. The summed E-state index contributed by atoms with van der Waals surface area (Å²) in [5, 5.41) is 2.85. The van der Waals surface area contributed by atoms with Crippen LogP contribution in [-0.2, 0) is 16.2 Å². The Morgan fingerprint density at radius 3 is 2.76 bits per heavy atom. The Morgan fingerprint density at radius 1 is 1.24 bits per heavy atom. The van der Waals surface area contributed by atoms with E-state index < -0.39 is 0 Å². The van der Waals surface area contributed by atoms with Crippen molar-refractivity contribution in [3.05, 3.63) is 59.7 Å². The van der Waals surface area contributed by atoms with Crippen LogP contribution in [0.4, 0.5) is 5.69 Å². The molecule has 2 aromatic rings. The lowest BCUT2D eigenvalue weighted by Crippen LogP contribution is -2.34. The van der Waals surface area contributed by atoms with Crippen LogP contribution in [0.2, 0.25) is 0 Å². The van der Waals surface area contributed by atoms with Gasteiger partial charge in [-0.15, -0.1) is 11.8 Å². The fourth-order valence-corrected chi connectivity index (χ4v) is 3.40. The van der Waals surface area contributed by atoms with Gasteiger partial charge >= 0.3 is 0 Å². The van der Waals surface area contributed by atoms with Crippen LogP contribution in [0.3, 0.4) is 0 Å². The second-order valence-corrected chi connectivity index (χ2v) is 6.85. The van der Waals surface area contributed by atoms with Crippen molar-refractivity contribution in [1.29, 1.82) is 0 Å². The van der Waals surface area contributed by atoms with Crippen molar-refractivity contribution >= 4 is 29.3 Å². The van der Waals surface area contributed by atoms with Crippen molar-refractivity contribution < 1.29 is 14.3 Å². The zero-order valence-corrected chi connectivity index (χ0v) is 14.8. The van der Waals surface area contributed by atoms with Crippen molar-refractivity contribution in [3.63, 3.8) is 0 Å². The van der Waals surface area contributed by atoms with Gasteiger partial charge in [0.1, 0.15) is 18.9 Å². The van der Waals surface area contributed by atoms with Crippen LogP contribution in [-0.4, -0.2) is 34.9 Å². The molecule has 0 bridgehead atoms. The normalized spacial score (nSPS) is 13.8. The molecule has 0 atom stereocenters. The number of nitrogens with zero attached hydrogens (tertiary/aromatic N) is 1. The summed E-state index contributed by atoms with van der Waals surface area (Å²) in [7, 11) is 0. The van der Waals surface area contributed by atoms with Crippen molar-refractivity contribution in [1.82, 2.24) is 4.90 Å². The van der Waals surface area contributed by atoms with Crippen LogP contribution in [0.15, 0.2) is 48.5 Å².